The number of esters is 1. The Hall–Kier alpha value is -2.93. The summed E-state index contributed by atoms with van der Waals surface area (Å²) in [5.74, 6) is -1.54. The maximum atomic E-state index is 13.0. The van der Waals surface area contributed by atoms with E-state index in [2.05, 4.69) is 21.1 Å². The normalized spacial score (nSPS) is 21.1. The number of aromatic nitrogens is 1. The van der Waals surface area contributed by atoms with E-state index in [0.29, 0.717) is 23.4 Å². The van der Waals surface area contributed by atoms with E-state index in [9.17, 15) is 9.59 Å². The van der Waals surface area contributed by atoms with Crippen molar-refractivity contribution in [1.82, 2.24) is 5.16 Å². The molecule has 3 unspecified atom stereocenters. The molecule has 1 aromatic heterocycles. The van der Waals surface area contributed by atoms with Crippen molar-refractivity contribution in [2.24, 2.45) is 11.1 Å². The lowest BCUT2D eigenvalue weighted by atomic mass is 9.79. The van der Waals surface area contributed by atoms with Gasteiger partial charge < -0.3 is 15.0 Å². The number of ether oxygens (including phenoxy) is 1. The number of rotatable bonds is 6. The van der Waals surface area contributed by atoms with Crippen LogP contribution in [0.25, 0.3) is 11.3 Å². The minimum Gasteiger partial charge on any atom is -0.469 e. The number of amides is 1. The zero-order chi connectivity index (χ0) is 21.5. The Bertz CT molecular complexity index is 1090. The van der Waals surface area contributed by atoms with Gasteiger partial charge in [0.15, 0.2) is 5.76 Å². The summed E-state index contributed by atoms with van der Waals surface area (Å²) in [6.07, 6.45) is 0.424. The fourth-order valence-electron chi connectivity index (χ4n) is 4.45. The quantitative estimate of drug-likeness (QED) is 0.543. The van der Waals surface area contributed by atoms with E-state index in [1.54, 1.807) is 0 Å². The SMILES string of the molecule is COC(=O)C1(C(C(N)=O)c2ccccc2)CC1c1c(C)noc1-c1ccc(Br)cc1. The minimum absolute atomic E-state index is 0.299. The number of hydrogen-bond acceptors (Lipinski definition) is 5. The molecule has 4 rings (SSSR count). The van der Waals surface area contributed by atoms with Crippen molar-refractivity contribution in [3.8, 4) is 11.3 Å². The average molecular weight is 469 g/mol. The lowest BCUT2D eigenvalue weighted by Gasteiger charge is -2.24. The summed E-state index contributed by atoms with van der Waals surface area (Å²) in [5.41, 5.74) is 7.75. The monoisotopic (exact) mass is 468 g/mol. The van der Waals surface area contributed by atoms with Crippen LogP contribution in [0.2, 0.25) is 0 Å². The third-order valence-electron chi connectivity index (χ3n) is 5.86. The summed E-state index contributed by atoms with van der Waals surface area (Å²) in [4.78, 5) is 25.6. The van der Waals surface area contributed by atoms with Gasteiger partial charge in [0.1, 0.15) is 0 Å². The molecule has 6 nitrogen and oxygen atoms in total. The summed E-state index contributed by atoms with van der Waals surface area (Å²) in [6.45, 7) is 1.84. The predicted molar refractivity (Wildman–Crippen MR) is 115 cm³/mol. The molecule has 3 aromatic rings. The number of nitrogens with zero attached hydrogens (tertiary/aromatic N) is 1. The topological polar surface area (TPSA) is 95.4 Å². The second-order valence-corrected chi connectivity index (χ2v) is 8.47. The summed E-state index contributed by atoms with van der Waals surface area (Å²) in [5, 5.41) is 4.15. The number of nitrogens with two attached hydrogens (primary N) is 1. The average Bonchev–Trinajstić information content (AvgIpc) is 3.34. The highest BCUT2D eigenvalue weighted by Gasteiger charge is 2.69. The van der Waals surface area contributed by atoms with Gasteiger partial charge in [0, 0.05) is 21.5 Å². The van der Waals surface area contributed by atoms with E-state index >= 15 is 0 Å². The van der Waals surface area contributed by atoms with Gasteiger partial charge in [-0.05, 0) is 31.0 Å². The van der Waals surface area contributed by atoms with Crippen molar-refractivity contribution in [2.75, 3.05) is 7.11 Å². The third kappa shape index (κ3) is 3.23. The maximum Gasteiger partial charge on any atom is 0.313 e. The largest absolute Gasteiger partial charge is 0.469 e. The molecule has 1 heterocycles. The molecule has 1 saturated carbocycles. The van der Waals surface area contributed by atoms with Gasteiger partial charge in [0.2, 0.25) is 5.91 Å². The van der Waals surface area contributed by atoms with Crippen LogP contribution in [0.15, 0.2) is 63.6 Å². The van der Waals surface area contributed by atoms with Gasteiger partial charge in [-0.3, -0.25) is 9.59 Å². The van der Waals surface area contributed by atoms with Crippen LogP contribution in [0.1, 0.15) is 35.1 Å². The lowest BCUT2D eigenvalue weighted by Crippen LogP contribution is -2.36. The molecule has 7 heteroatoms. The van der Waals surface area contributed by atoms with Crippen molar-refractivity contribution in [3.05, 3.63) is 75.9 Å². The first kappa shape index (κ1) is 20.3. The molecule has 0 radical (unpaired) electrons. The molecule has 1 fully saturated rings. The van der Waals surface area contributed by atoms with Crippen LogP contribution >= 0.6 is 15.9 Å². The highest BCUT2D eigenvalue weighted by Crippen LogP contribution is 2.68. The van der Waals surface area contributed by atoms with E-state index in [0.717, 1.165) is 15.6 Å². The molecule has 0 aliphatic heterocycles. The number of benzene rings is 2. The van der Waals surface area contributed by atoms with E-state index in [1.807, 2.05) is 61.5 Å². The molecular formula is C23H21BrN2O4. The fourth-order valence-corrected chi connectivity index (χ4v) is 4.71. The molecule has 3 atom stereocenters. The molecule has 30 heavy (non-hydrogen) atoms. The van der Waals surface area contributed by atoms with Gasteiger partial charge in [0.05, 0.1) is 24.1 Å². The molecule has 1 amide bonds. The first-order valence-electron chi connectivity index (χ1n) is 9.55. The number of carbonyl (C=O) groups is 2. The van der Waals surface area contributed by atoms with Crippen molar-refractivity contribution in [3.63, 3.8) is 0 Å². The molecular weight excluding hydrogens is 448 g/mol. The van der Waals surface area contributed by atoms with E-state index < -0.39 is 23.2 Å². The van der Waals surface area contributed by atoms with Crippen molar-refractivity contribution < 1.29 is 18.8 Å². The second kappa shape index (κ2) is 7.72. The highest BCUT2D eigenvalue weighted by molar-refractivity contribution is 9.10. The first-order chi connectivity index (χ1) is 14.4. The number of primary amides is 1. The molecule has 1 aliphatic carbocycles. The lowest BCUT2D eigenvalue weighted by molar-refractivity contribution is -0.150. The van der Waals surface area contributed by atoms with Gasteiger partial charge in [-0.2, -0.15) is 0 Å². The van der Waals surface area contributed by atoms with Crippen LogP contribution < -0.4 is 5.73 Å². The van der Waals surface area contributed by atoms with Crippen molar-refractivity contribution in [1.29, 1.82) is 0 Å². The van der Waals surface area contributed by atoms with Gasteiger partial charge in [0.25, 0.3) is 0 Å². The Morgan fingerprint density at radius 1 is 1.20 bits per heavy atom. The zero-order valence-electron chi connectivity index (χ0n) is 16.6. The Balaban J connectivity index is 1.83. The number of halogens is 1. The second-order valence-electron chi connectivity index (χ2n) is 7.55. The number of hydrogen-bond donors (Lipinski definition) is 1. The molecule has 0 spiro atoms. The van der Waals surface area contributed by atoms with Crippen molar-refractivity contribution >= 4 is 27.8 Å². The van der Waals surface area contributed by atoms with Crippen LogP contribution in [-0.4, -0.2) is 24.1 Å². The van der Waals surface area contributed by atoms with Gasteiger partial charge in [-0.25, -0.2) is 0 Å². The van der Waals surface area contributed by atoms with E-state index in [4.69, 9.17) is 15.0 Å². The zero-order valence-corrected chi connectivity index (χ0v) is 18.2. The Morgan fingerprint density at radius 2 is 1.87 bits per heavy atom. The minimum atomic E-state index is -1.09. The Morgan fingerprint density at radius 3 is 2.47 bits per heavy atom. The number of carbonyl (C=O) groups excluding carboxylic acids is 2. The third-order valence-corrected chi connectivity index (χ3v) is 6.39. The first-order valence-corrected chi connectivity index (χ1v) is 10.3. The van der Waals surface area contributed by atoms with Crippen LogP contribution in [0.3, 0.4) is 0 Å². The Labute approximate surface area is 182 Å². The molecule has 0 saturated heterocycles. The van der Waals surface area contributed by atoms with E-state index in [1.165, 1.54) is 7.11 Å². The maximum absolute atomic E-state index is 13.0. The van der Waals surface area contributed by atoms with Gasteiger partial charge in [-0.15, -0.1) is 0 Å². The molecule has 0 bridgehead atoms. The van der Waals surface area contributed by atoms with Crippen LogP contribution in [-0.2, 0) is 14.3 Å². The molecule has 2 aromatic carbocycles. The fraction of sp³-hybridized carbons (Fsp3) is 0.261. The standard InChI is InChI=1S/C23H21BrN2O4/c1-13-18(20(30-26-13)15-8-10-16(24)11-9-15)17-12-23(17,22(28)29-2)19(21(25)27)14-6-4-3-5-7-14/h3-11,17,19H,12H2,1-2H3,(H2,25,27). The van der Waals surface area contributed by atoms with Crippen LogP contribution in [0.5, 0.6) is 0 Å². The highest BCUT2D eigenvalue weighted by atomic mass is 79.9. The summed E-state index contributed by atoms with van der Waals surface area (Å²) >= 11 is 3.43. The van der Waals surface area contributed by atoms with Gasteiger partial charge >= 0.3 is 5.97 Å². The summed E-state index contributed by atoms with van der Waals surface area (Å²) in [6, 6.07) is 16.8. The number of aryl methyl sites for hydroxylation is 1. The van der Waals surface area contributed by atoms with E-state index in [-0.39, 0.29) is 5.92 Å². The molecule has 154 valence electrons. The molecule has 1 aliphatic rings. The smallest absolute Gasteiger partial charge is 0.313 e. The number of methoxy groups -OCH3 is 1. The molecule has 2 N–H and O–H groups in total. The van der Waals surface area contributed by atoms with Crippen LogP contribution in [0, 0.1) is 12.3 Å². The van der Waals surface area contributed by atoms with Gasteiger partial charge in [-0.1, -0.05) is 63.6 Å². The Kier molecular flexibility index (Phi) is 5.24. The summed E-state index contributed by atoms with van der Waals surface area (Å²) < 4.78 is 11.7. The summed E-state index contributed by atoms with van der Waals surface area (Å²) in [7, 11) is 1.33. The van der Waals surface area contributed by atoms with Crippen LogP contribution in [0.4, 0.5) is 0 Å². The predicted octanol–water partition coefficient (Wildman–Crippen LogP) is 4.33. The van der Waals surface area contributed by atoms with Crippen molar-refractivity contribution in [2.45, 2.75) is 25.2 Å².